The van der Waals surface area contributed by atoms with Gasteiger partial charge >= 0.3 is 0 Å². The first kappa shape index (κ1) is 13.6. The normalized spacial score (nSPS) is 24.1. The SMILES string of the molecule is OCC1CCCCC1NCCCc1ccccc1. The fourth-order valence-corrected chi connectivity index (χ4v) is 2.92. The van der Waals surface area contributed by atoms with Crippen molar-refractivity contribution >= 4 is 0 Å². The van der Waals surface area contributed by atoms with E-state index in [2.05, 4.69) is 35.6 Å². The zero-order valence-electron chi connectivity index (χ0n) is 11.1. The molecule has 2 unspecified atom stereocenters. The van der Waals surface area contributed by atoms with Crippen LogP contribution in [0.4, 0.5) is 0 Å². The molecule has 0 aliphatic heterocycles. The third-order valence-corrected chi connectivity index (χ3v) is 4.04. The maximum absolute atomic E-state index is 9.36. The predicted octanol–water partition coefficient (Wildman–Crippen LogP) is 2.76. The van der Waals surface area contributed by atoms with Gasteiger partial charge in [0.15, 0.2) is 0 Å². The lowest BCUT2D eigenvalue weighted by molar-refractivity contribution is 0.153. The van der Waals surface area contributed by atoms with Crippen LogP contribution in [0.1, 0.15) is 37.7 Å². The topological polar surface area (TPSA) is 32.3 Å². The second kappa shape index (κ2) is 7.55. The average molecular weight is 247 g/mol. The second-order valence-electron chi connectivity index (χ2n) is 5.38. The van der Waals surface area contributed by atoms with Crippen LogP contribution < -0.4 is 5.32 Å². The van der Waals surface area contributed by atoms with Crippen molar-refractivity contribution in [2.75, 3.05) is 13.2 Å². The first-order chi connectivity index (χ1) is 8.90. The molecule has 2 N–H and O–H groups in total. The second-order valence-corrected chi connectivity index (χ2v) is 5.38. The third-order valence-electron chi connectivity index (χ3n) is 4.04. The Morgan fingerprint density at radius 1 is 1.11 bits per heavy atom. The number of nitrogens with one attached hydrogen (secondary N) is 1. The molecule has 1 aromatic rings. The quantitative estimate of drug-likeness (QED) is 0.758. The molecular weight excluding hydrogens is 222 g/mol. The Labute approximate surface area is 110 Å². The summed E-state index contributed by atoms with van der Waals surface area (Å²) in [6.45, 7) is 1.41. The Morgan fingerprint density at radius 2 is 1.89 bits per heavy atom. The van der Waals surface area contributed by atoms with Crippen LogP contribution in [0, 0.1) is 5.92 Å². The molecule has 18 heavy (non-hydrogen) atoms. The van der Waals surface area contributed by atoms with Crippen molar-refractivity contribution in [1.29, 1.82) is 0 Å². The van der Waals surface area contributed by atoms with Crippen molar-refractivity contribution in [2.24, 2.45) is 5.92 Å². The Kier molecular flexibility index (Phi) is 5.69. The van der Waals surface area contributed by atoms with Crippen molar-refractivity contribution in [3.8, 4) is 0 Å². The molecule has 0 bridgehead atoms. The van der Waals surface area contributed by atoms with Crippen molar-refractivity contribution < 1.29 is 5.11 Å². The number of aliphatic hydroxyl groups is 1. The van der Waals surface area contributed by atoms with Gasteiger partial charge in [-0.1, -0.05) is 43.2 Å². The van der Waals surface area contributed by atoms with Gasteiger partial charge in [-0.15, -0.1) is 0 Å². The minimum Gasteiger partial charge on any atom is -0.396 e. The third kappa shape index (κ3) is 4.11. The Hall–Kier alpha value is -0.860. The monoisotopic (exact) mass is 247 g/mol. The molecule has 2 heteroatoms. The number of aryl methyl sites for hydroxylation is 1. The number of hydrogen-bond donors (Lipinski definition) is 2. The lowest BCUT2D eigenvalue weighted by atomic mass is 9.85. The van der Waals surface area contributed by atoms with Crippen LogP contribution in [-0.4, -0.2) is 24.3 Å². The van der Waals surface area contributed by atoms with Gasteiger partial charge in [0.05, 0.1) is 0 Å². The van der Waals surface area contributed by atoms with Crippen LogP contribution in [0.25, 0.3) is 0 Å². The van der Waals surface area contributed by atoms with E-state index in [1.54, 1.807) is 0 Å². The fraction of sp³-hybridized carbons (Fsp3) is 0.625. The number of benzene rings is 1. The van der Waals surface area contributed by atoms with E-state index >= 15 is 0 Å². The molecule has 2 atom stereocenters. The van der Waals surface area contributed by atoms with Crippen LogP contribution in [0.3, 0.4) is 0 Å². The largest absolute Gasteiger partial charge is 0.396 e. The van der Waals surface area contributed by atoms with Crippen LogP contribution in [0.15, 0.2) is 30.3 Å². The molecule has 1 fully saturated rings. The molecule has 0 saturated heterocycles. The molecule has 1 aromatic carbocycles. The highest BCUT2D eigenvalue weighted by atomic mass is 16.3. The van der Waals surface area contributed by atoms with E-state index < -0.39 is 0 Å². The molecule has 100 valence electrons. The highest BCUT2D eigenvalue weighted by Crippen LogP contribution is 2.23. The summed E-state index contributed by atoms with van der Waals surface area (Å²) in [7, 11) is 0. The summed E-state index contributed by atoms with van der Waals surface area (Å²) in [5, 5.41) is 13.0. The van der Waals surface area contributed by atoms with Crippen molar-refractivity contribution in [2.45, 2.75) is 44.6 Å². The molecule has 1 saturated carbocycles. The smallest absolute Gasteiger partial charge is 0.0474 e. The summed E-state index contributed by atoms with van der Waals surface area (Å²) < 4.78 is 0. The summed E-state index contributed by atoms with van der Waals surface area (Å²) in [5.41, 5.74) is 1.42. The summed E-state index contributed by atoms with van der Waals surface area (Å²) in [6, 6.07) is 11.2. The first-order valence-corrected chi connectivity index (χ1v) is 7.28. The molecule has 0 amide bonds. The van der Waals surface area contributed by atoms with Crippen LogP contribution >= 0.6 is 0 Å². The van der Waals surface area contributed by atoms with Gasteiger partial charge in [-0.3, -0.25) is 0 Å². The van der Waals surface area contributed by atoms with Gasteiger partial charge in [0.25, 0.3) is 0 Å². The number of hydrogen-bond acceptors (Lipinski definition) is 2. The summed E-state index contributed by atoms with van der Waals surface area (Å²) >= 11 is 0. The van der Waals surface area contributed by atoms with Crippen LogP contribution in [-0.2, 0) is 6.42 Å². The molecule has 1 aliphatic rings. The Bertz CT molecular complexity index is 325. The molecule has 1 aliphatic carbocycles. The molecular formula is C16H25NO. The molecule has 0 radical (unpaired) electrons. The summed E-state index contributed by atoms with van der Waals surface area (Å²) in [4.78, 5) is 0. The zero-order chi connectivity index (χ0) is 12.6. The maximum atomic E-state index is 9.36. The van der Waals surface area contributed by atoms with Crippen molar-refractivity contribution in [1.82, 2.24) is 5.32 Å². The highest BCUT2D eigenvalue weighted by Gasteiger charge is 2.23. The van der Waals surface area contributed by atoms with Crippen LogP contribution in [0.2, 0.25) is 0 Å². The van der Waals surface area contributed by atoms with Crippen LogP contribution in [0.5, 0.6) is 0 Å². The molecule has 0 spiro atoms. The Morgan fingerprint density at radius 3 is 2.67 bits per heavy atom. The van der Waals surface area contributed by atoms with Gasteiger partial charge in [-0.05, 0) is 43.7 Å². The van der Waals surface area contributed by atoms with E-state index in [9.17, 15) is 5.11 Å². The number of aliphatic hydroxyl groups excluding tert-OH is 1. The standard InChI is InChI=1S/C16H25NO/c18-13-15-10-4-5-11-16(15)17-12-6-9-14-7-2-1-3-8-14/h1-3,7-8,15-18H,4-6,9-13H2. The lowest BCUT2D eigenvalue weighted by Crippen LogP contribution is -2.40. The van der Waals surface area contributed by atoms with E-state index in [0.29, 0.717) is 18.6 Å². The van der Waals surface area contributed by atoms with Gasteiger partial charge in [0.1, 0.15) is 0 Å². The lowest BCUT2D eigenvalue weighted by Gasteiger charge is -2.31. The fourth-order valence-electron chi connectivity index (χ4n) is 2.92. The van der Waals surface area contributed by atoms with Gasteiger partial charge < -0.3 is 10.4 Å². The van der Waals surface area contributed by atoms with E-state index in [4.69, 9.17) is 0 Å². The van der Waals surface area contributed by atoms with E-state index in [1.165, 1.54) is 37.7 Å². The van der Waals surface area contributed by atoms with Gasteiger partial charge in [0.2, 0.25) is 0 Å². The van der Waals surface area contributed by atoms with Gasteiger partial charge in [-0.2, -0.15) is 0 Å². The summed E-state index contributed by atoms with van der Waals surface area (Å²) in [5.74, 6) is 0.482. The van der Waals surface area contributed by atoms with Gasteiger partial charge in [-0.25, -0.2) is 0 Å². The molecule has 2 nitrogen and oxygen atoms in total. The van der Waals surface area contributed by atoms with E-state index in [1.807, 2.05) is 0 Å². The minimum atomic E-state index is 0.344. The first-order valence-electron chi connectivity index (χ1n) is 7.28. The maximum Gasteiger partial charge on any atom is 0.0474 e. The molecule has 0 heterocycles. The van der Waals surface area contributed by atoms with Crippen molar-refractivity contribution in [3.05, 3.63) is 35.9 Å². The molecule has 2 rings (SSSR count). The summed E-state index contributed by atoms with van der Waals surface area (Å²) in [6.07, 6.45) is 7.34. The average Bonchev–Trinajstić information content (AvgIpc) is 2.45. The van der Waals surface area contributed by atoms with Gasteiger partial charge in [0, 0.05) is 12.6 Å². The predicted molar refractivity (Wildman–Crippen MR) is 75.6 cm³/mol. The van der Waals surface area contributed by atoms with E-state index in [0.717, 1.165) is 13.0 Å². The zero-order valence-corrected chi connectivity index (χ0v) is 11.1. The molecule has 0 aromatic heterocycles. The van der Waals surface area contributed by atoms with E-state index in [-0.39, 0.29) is 0 Å². The van der Waals surface area contributed by atoms with Crippen molar-refractivity contribution in [3.63, 3.8) is 0 Å². The minimum absolute atomic E-state index is 0.344. The highest BCUT2D eigenvalue weighted by molar-refractivity contribution is 5.14. The number of rotatable bonds is 6. The Balaban J connectivity index is 1.65.